The molecule has 202 valence electrons. The van der Waals surface area contributed by atoms with Crippen molar-refractivity contribution in [2.24, 2.45) is 5.92 Å². The minimum absolute atomic E-state index is 0.00730. The molecule has 1 atom stereocenters. The number of hydrogen-bond donors (Lipinski definition) is 0. The molecule has 4 nitrogen and oxygen atoms in total. The van der Waals surface area contributed by atoms with Crippen LogP contribution in [0.5, 0.6) is 11.5 Å². The Hall–Kier alpha value is -3.74. The first-order chi connectivity index (χ1) is 18.9. The van der Waals surface area contributed by atoms with Crippen LogP contribution in [-0.4, -0.2) is 23.9 Å². The molecule has 0 aromatic heterocycles. The summed E-state index contributed by atoms with van der Waals surface area (Å²) in [5, 5.41) is 0. The molecule has 3 aromatic rings. The van der Waals surface area contributed by atoms with Crippen LogP contribution in [0, 0.1) is 23.4 Å². The average Bonchev–Trinajstić information content (AvgIpc) is 3.15. The van der Waals surface area contributed by atoms with Crippen LogP contribution < -0.4 is 9.47 Å². The lowest BCUT2D eigenvalue weighted by Crippen LogP contribution is -2.44. The fraction of sp³-hybridized carbons (Fsp3) is 0.344. The van der Waals surface area contributed by atoms with Gasteiger partial charge in [-0.3, -0.25) is 4.79 Å². The van der Waals surface area contributed by atoms with Gasteiger partial charge < -0.3 is 14.4 Å². The molecule has 39 heavy (non-hydrogen) atoms. The fourth-order valence-corrected chi connectivity index (χ4v) is 6.05. The number of carbonyl (C=O) groups is 1. The molecule has 7 heteroatoms. The third-order valence-electron chi connectivity index (χ3n) is 8.12. The highest BCUT2D eigenvalue weighted by Crippen LogP contribution is 2.52. The highest BCUT2D eigenvalue weighted by Gasteiger charge is 2.50. The summed E-state index contributed by atoms with van der Waals surface area (Å²) in [5.74, 6) is -2.36. The Morgan fingerprint density at radius 2 is 1.46 bits per heavy atom. The molecule has 0 saturated heterocycles. The van der Waals surface area contributed by atoms with E-state index in [0.717, 1.165) is 43.2 Å². The molecule has 2 aliphatic heterocycles. The summed E-state index contributed by atoms with van der Waals surface area (Å²) in [5.41, 5.74) is 2.56. The number of nitrogens with zero attached hydrogens (tertiary/aromatic N) is 1. The molecule has 1 unspecified atom stereocenters. The van der Waals surface area contributed by atoms with Gasteiger partial charge in [0.15, 0.2) is 11.5 Å². The van der Waals surface area contributed by atoms with Crippen molar-refractivity contribution in [2.75, 3.05) is 13.1 Å². The second-order valence-electron chi connectivity index (χ2n) is 10.6. The van der Waals surface area contributed by atoms with Crippen molar-refractivity contribution >= 4 is 11.5 Å². The van der Waals surface area contributed by atoms with Crippen LogP contribution in [0.4, 0.5) is 13.2 Å². The van der Waals surface area contributed by atoms with E-state index >= 15 is 4.39 Å². The van der Waals surface area contributed by atoms with E-state index in [0.29, 0.717) is 37.2 Å². The third kappa shape index (κ3) is 4.90. The lowest BCUT2D eigenvalue weighted by atomic mass is 9.80. The van der Waals surface area contributed by atoms with Crippen LogP contribution in [0.1, 0.15) is 66.4 Å². The topological polar surface area (TPSA) is 38.8 Å². The lowest BCUT2D eigenvalue weighted by molar-refractivity contribution is -0.144. The Kier molecular flexibility index (Phi) is 6.83. The van der Waals surface area contributed by atoms with E-state index in [1.54, 1.807) is 29.2 Å². The van der Waals surface area contributed by atoms with Crippen molar-refractivity contribution in [2.45, 2.75) is 50.7 Å². The minimum atomic E-state index is -1.19. The van der Waals surface area contributed by atoms with Gasteiger partial charge in [-0.25, -0.2) is 13.2 Å². The largest absolute Gasteiger partial charge is 0.444 e. The number of halogens is 3. The summed E-state index contributed by atoms with van der Waals surface area (Å²) in [4.78, 5) is 15.1. The number of hydrogen-bond acceptors (Lipinski definition) is 3. The minimum Gasteiger partial charge on any atom is -0.444 e. The maximum absolute atomic E-state index is 15.4. The van der Waals surface area contributed by atoms with Gasteiger partial charge in [0.1, 0.15) is 17.5 Å². The van der Waals surface area contributed by atoms with Gasteiger partial charge in [0, 0.05) is 30.6 Å². The van der Waals surface area contributed by atoms with Gasteiger partial charge in [0.05, 0.1) is 5.56 Å². The summed E-state index contributed by atoms with van der Waals surface area (Å²) in [7, 11) is 0. The summed E-state index contributed by atoms with van der Waals surface area (Å²) in [6, 6.07) is 15.0. The predicted molar refractivity (Wildman–Crippen MR) is 142 cm³/mol. The van der Waals surface area contributed by atoms with E-state index in [1.807, 2.05) is 0 Å². The smallest absolute Gasteiger partial charge is 0.281 e. The van der Waals surface area contributed by atoms with Gasteiger partial charge >= 0.3 is 0 Å². The predicted octanol–water partition coefficient (Wildman–Crippen LogP) is 7.63. The second-order valence-corrected chi connectivity index (χ2v) is 10.6. The Morgan fingerprint density at radius 1 is 0.821 bits per heavy atom. The molecular weight excluding hydrogens is 503 g/mol. The number of carbonyl (C=O) groups excluding carboxylic acids is 1. The molecular formula is C32H30F3NO3. The lowest BCUT2D eigenvalue weighted by Gasteiger charge is -2.37. The van der Waals surface area contributed by atoms with E-state index < -0.39 is 17.5 Å². The van der Waals surface area contributed by atoms with E-state index in [4.69, 9.17) is 9.47 Å². The molecule has 1 saturated carbocycles. The molecule has 1 amide bonds. The Morgan fingerprint density at radius 3 is 2.15 bits per heavy atom. The highest BCUT2D eigenvalue weighted by molar-refractivity contribution is 5.95. The molecule has 1 fully saturated rings. The first-order valence-electron chi connectivity index (χ1n) is 13.6. The summed E-state index contributed by atoms with van der Waals surface area (Å²) >= 11 is 0. The monoisotopic (exact) mass is 533 g/mol. The van der Waals surface area contributed by atoms with Gasteiger partial charge in [-0.2, -0.15) is 0 Å². The van der Waals surface area contributed by atoms with Crippen LogP contribution in [0.15, 0.2) is 66.7 Å². The van der Waals surface area contributed by atoms with E-state index in [9.17, 15) is 13.6 Å². The summed E-state index contributed by atoms with van der Waals surface area (Å²) in [6.45, 7) is 0.858. The third-order valence-corrected chi connectivity index (χ3v) is 8.12. The van der Waals surface area contributed by atoms with Crippen molar-refractivity contribution in [1.82, 2.24) is 4.90 Å². The summed E-state index contributed by atoms with van der Waals surface area (Å²) in [6.07, 6.45) is 8.17. The highest BCUT2D eigenvalue weighted by atomic mass is 19.1. The van der Waals surface area contributed by atoms with Crippen molar-refractivity contribution in [1.29, 1.82) is 0 Å². The zero-order valence-corrected chi connectivity index (χ0v) is 21.6. The first-order valence-corrected chi connectivity index (χ1v) is 13.6. The molecule has 2 heterocycles. The van der Waals surface area contributed by atoms with E-state index in [1.165, 1.54) is 36.4 Å². The van der Waals surface area contributed by atoms with Gasteiger partial charge in [-0.1, -0.05) is 37.5 Å². The fourth-order valence-electron chi connectivity index (χ4n) is 6.05. The Labute approximate surface area is 226 Å². The SMILES string of the molecule is O=C(c1cc2c(cc1F)OC(c1ccc(F)cc1)(C1CCCCC1)O2)N1CCC=C(c2ccc(F)cc2)CC1. The van der Waals surface area contributed by atoms with Crippen LogP contribution in [-0.2, 0) is 5.79 Å². The van der Waals surface area contributed by atoms with Crippen LogP contribution in [0.3, 0.4) is 0 Å². The number of ether oxygens (including phenoxy) is 2. The zero-order chi connectivity index (χ0) is 27.0. The van der Waals surface area contributed by atoms with Gasteiger partial charge in [-0.05, 0) is 79.3 Å². The molecule has 0 spiro atoms. The van der Waals surface area contributed by atoms with E-state index in [2.05, 4.69) is 6.08 Å². The Bertz CT molecular complexity index is 1400. The number of fused-ring (bicyclic) bond motifs is 1. The molecule has 0 radical (unpaired) electrons. The average molecular weight is 534 g/mol. The quantitative estimate of drug-likeness (QED) is 0.346. The van der Waals surface area contributed by atoms with Crippen molar-refractivity contribution in [3.05, 3.63) is 101 Å². The Balaban J connectivity index is 1.25. The molecule has 0 N–H and O–H groups in total. The van der Waals surface area contributed by atoms with Gasteiger partial charge in [-0.15, -0.1) is 0 Å². The molecule has 1 aliphatic carbocycles. The molecule has 3 aromatic carbocycles. The zero-order valence-electron chi connectivity index (χ0n) is 21.6. The van der Waals surface area contributed by atoms with Crippen LogP contribution in [0.25, 0.3) is 5.57 Å². The van der Waals surface area contributed by atoms with E-state index in [-0.39, 0.29) is 28.9 Å². The first kappa shape index (κ1) is 25.5. The number of rotatable bonds is 4. The van der Waals surface area contributed by atoms with Gasteiger partial charge in [0.2, 0.25) is 0 Å². The van der Waals surface area contributed by atoms with Crippen molar-refractivity contribution in [3.8, 4) is 11.5 Å². The van der Waals surface area contributed by atoms with Crippen LogP contribution in [0.2, 0.25) is 0 Å². The maximum atomic E-state index is 15.4. The van der Waals surface area contributed by atoms with Gasteiger partial charge in [0.25, 0.3) is 11.7 Å². The molecule has 0 bridgehead atoms. The number of benzene rings is 3. The number of amides is 1. The standard InChI is InChI=1S/C32H30F3NO3/c33-25-12-8-22(9-13-25)21-5-4-17-36(18-16-21)31(37)27-19-29-30(20-28(27)35)39-32(38-29,23-6-2-1-3-7-23)24-10-14-26(34)15-11-24/h5,8-15,19-20,23H,1-4,6-7,16-18H2. The van der Waals surface area contributed by atoms with Crippen molar-refractivity contribution < 1.29 is 27.4 Å². The maximum Gasteiger partial charge on any atom is 0.281 e. The molecule has 6 rings (SSSR count). The van der Waals surface area contributed by atoms with Crippen molar-refractivity contribution in [3.63, 3.8) is 0 Å². The normalized spacial score (nSPS) is 21.4. The van der Waals surface area contributed by atoms with Crippen LogP contribution >= 0.6 is 0 Å². The second kappa shape index (κ2) is 10.4. The molecule has 3 aliphatic rings. The summed E-state index contributed by atoms with van der Waals surface area (Å²) < 4.78 is 55.3.